The summed E-state index contributed by atoms with van der Waals surface area (Å²) >= 11 is 0. The molecule has 0 aromatic heterocycles. The summed E-state index contributed by atoms with van der Waals surface area (Å²) in [5, 5.41) is 0. The van der Waals surface area contributed by atoms with E-state index in [2.05, 4.69) is 13.8 Å². The predicted molar refractivity (Wildman–Crippen MR) is 72.6 cm³/mol. The summed E-state index contributed by atoms with van der Waals surface area (Å²) in [4.78, 5) is 0. The summed E-state index contributed by atoms with van der Waals surface area (Å²) in [5.41, 5.74) is 0. The third kappa shape index (κ3) is 16.1. The second-order valence-electron chi connectivity index (χ2n) is 3.99. The third-order valence-corrected chi connectivity index (χ3v) is 3.04. The van der Waals surface area contributed by atoms with Crippen LogP contribution >= 0.6 is 0 Å². The molecule has 0 bridgehead atoms. The lowest BCUT2D eigenvalue weighted by Gasteiger charge is -2.06. The molecule has 0 spiro atoms. The molecule has 2 radical (unpaired) electrons. The molecule has 0 saturated carbocycles. The van der Waals surface area contributed by atoms with Gasteiger partial charge < -0.3 is 13.9 Å². The molecule has 0 heterocycles. The van der Waals surface area contributed by atoms with Crippen LogP contribution in [-0.2, 0) is 13.9 Å². The molecule has 102 valence electrons. The van der Waals surface area contributed by atoms with Crippen LogP contribution in [0.1, 0.15) is 46.0 Å². The highest BCUT2D eigenvalue weighted by Gasteiger charge is 1.92. The minimum absolute atomic E-state index is 0.615. The lowest BCUT2D eigenvalue weighted by molar-refractivity contribution is 0.0356. The van der Waals surface area contributed by atoms with Crippen molar-refractivity contribution in [3.05, 3.63) is 0 Å². The molecule has 0 amide bonds. The maximum Gasteiger partial charge on any atom is 0.229 e. The summed E-state index contributed by atoms with van der Waals surface area (Å²) in [5.74, 6) is 0. The maximum absolute atomic E-state index is 5.48. The van der Waals surface area contributed by atoms with Gasteiger partial charge in [-0.2, -0.15) is 0 Å². The van der Waals surface area contributed by atoms with E-state index >= 15 is 0 Å². The average Bonchev–Trinajstić information content (AvgIpc) is 2.35. The number of rotatable bonds is 14. The van der Waals surface area contributed by atoms with Crippen LogP contribution in [0, 0.1) is 0 Å². The SMILES string of the molecule is CCCCCCCOCCOCCO[Si]CC. The molecule has 0 saturated heterocycles. The molecule has 0 aliphatic rings. The van der Waals surface area contributed by atoms with Gasteiger partial charge in [0.05, 0.1) is 26.4 Å². The fourth-order valence-electron chi connectivity index (χ4n) is 1.40. The Kier molecular flexibility index (Phi) is 16.2. The van der Waals surface area contributed by atoms with Crippen LogP contribution in [0.3, 0.4) is 0 Å². The Hall–Kier alpha value is 0.0969. The van der Waals surface area contributed by atoms with Crippen LogP contribution in [0.25, 0.3) is 0 Å². The summed E-state index contributed by atoms with van der Waals surface area (Å²) in [6.07, 6.45) is 6.46. The molecule has 0 rings (SSSR count). The first-order valence-electron chi connectivity index (χ1n) is 6.92. The molecule has 0 aromatic carbocycles. The molecule has 0 aliphatic heterocycles. The summed E-state index contributed by atoms with van der Waals surface area (Å²) in [6.45, 7) is 8.03. The van der Waals surface area contributed by atoms with Gasteiger partial charge in [0, 0.05) is 6.61 Å². The average molecular weight is 260 g/mol. The Morgan fingerprint density at radius 3 is 2.06 bits per heavy atom. The zero-order valence-corrected chi connectivity index (χ0v) is 12.5. The van der Waals surface area contributed by atoms with E-state index in [1.165, 1.54) is 32.1 Å². The van der Waals surface area contributed by atoms with E-state index < -0.39 is 0 Å². The summed E-state index contributed by atoms with van der Waals surface area (Å²) < 4.78 is 16.2. The van der Waals surface area contributed by atoms with Gasteiger partial charge in [0.1, 0.15) is 0 Å². The van der Waals surface area contributed by atoms with Gasteiger partial charge in [0.15, 0.2) is 0 Å². The molecule has 0 N–H and O–H groups in total. The minimum Gasteiger partial charge on any atom is -0.415 e. The molecule has 0 unspecified atom stereocenters. The molecule has 0 aromatic rings. The largest absolute Gasteiger partial charge is 0.415 e. The highest BCUT2D eigenvalue weighted by atomic mass is 28.2. The van der Waals surface area contributed by atoms with Crippen LogP contribution in [0.15, 0.2) is 0 Å². The van der Waals surface area contributed by atoms with Crippen molar-refractivity contribution in [2.75, 3.05) is 33.0 Å². The summed E-state index contributed by atoms with van der Waals surface area (Å²) in [6, 6.07) is 1.10. The first-order chi connectivity index (χ1) is 8.41. The number of hydrogen-bond donors (Lipinski definition) is 0. The fraction of sp³-hybridized carbons (Fsp3) is 1.00. The monoisotopic (exact) mass is 260 g/mol. The maximum atomic E-state index is 5.48. The van der Waals surface area contributed by atoms with Crippen LogP contribution in [-0.4, -0.2) is 42.8 Å². The van der Waals surface area contributed by atoms with E-state index in [1.807, 2.05) is 0 Å². The number of ether oxygens (including phenoxy) is 2. The van der Waals surface area contributed by atoms with Crippen molar-refractivity contribution in [2.45, 2.75) is 52.0 Å². The molecule has 17 heavy (non-hydrogen) atoms. The Morgan fingerprint density at radius 2 is 1.35 bits per heavy atom. The second-order valence-corrected chi connectivity index (χ2v) is 5.27. The lowest BCUT2D eigenvalue weighted by Crippen LogP contribution is -2.10. The van der Waals surface area contributed by atoms with E-state index in [-0.39, 0.29) is 0 Å². The Balaban J connectivity index is 2.85. The van der Waals surface area contributed by atoms with E-state index in [0.29, 0.717) is 36.2 Å². The Labute approximate surface area is 109 Å². The first kappa shape index (κ1) is 17.1. The quantitative estimate of drug-likeness (QED) is 0.355. The van der Waals surface area contributed by atoms with Crippen molar-refractivity contribution >= 4 is 9.76 Å². The lowest BCUT2D eigenvalue weighted by atomic mass is 10.2. The minimum atomic E-state index is 0.615. The van der Waals surface area contributed by atoms with Crippen molar-refractivity contribution in [3.63, 3.8) is 0 Å². The zero-order chi connectivity index (χ0) is 12.6. The van der Waals surface area contributed by atoms with Crippen LogP contribution < -0.4 is 0 Å². The standard InChI is InChI=1S/C13H28O3Si/c1-3-5-6-7-8-9-14-10-11-15-12-13-16-17-4-2/h3-13H2,1-2H3. The molecular formula is C13H28O3Si. The highest BCUT2D eigenvalue weighted by molar-refractivity contribution is 6.26. The van der Waals surface area contributed by atoms with Crippen LogP contribution in [0.2, 0.25) is 6.04 Å². The van der Waals surface area contributed by atoms with Crippen molar-refractivity contribution in [1.29, 1.82) is 0 Å². The van der Waals surface area contributed by atoms with Gasteiger partial charge in [-0.05, 0) is 12.5 Å². The molecule has 4 heteroatoms. The third-order valence-electron chi connectivity index (χ3n) is 2.34. The van der Waals surface area contributed by atoms with Gasteiger partial charge in [-0.15, -0.1) is 0 Å². The van der Waals surface area contributed by atoms with Crippen LogP contribution in [0.5, 0.6) is 0 Å². The van der Waals surface area contributed by atoms with Crippen molar-refractivity contribution in [2.24, 2.45) is 0 Å². The predicted octanol–water partition coefficient (Wildman–Crippen LogP) is 3.06. The first-order valence-corrected chi connectivity index (χ1v) is 8.03. The van der Waals surface area contributed by atoms with E-state index in [4.69, 9.17) is 13.9 Å². The van der Waals surface area contributed by atoms with Gasteiger partial charge in [-0.1, -0.05) is 39.5 Å². The normalized spacial score (nSPS) is 10.9. The molecule has 3 nitrogen and oxygen atoms in total. The van der Waals surface area contributed by atoms with Crippen molar-refractivity contribution in [3.8, 4) is 0 Å². The van der Waals surface area contributed by atoms with E-state index in [0.717, 1.165) is 12.7 Å². The molecule has 0 fully saturated rings. The summed E-state index contributed by atoms with van der Waals surface area (Å²) in [7, 11) is 0.615. The second kappa shape index (κ2) is 16.1. The zero-order valence-electron chi connectivity index (χ0n) is 11.5. The molecule has 0 aliphatic carbocycles. The van der Waals surface area contributed by atoms with E-state index in [1.54, 1.807) is 0 Å². The Bertz CT molecular complexity index is 120. The topological polar surface area (TPSA) is 27.7 Å². The van der Waals surface area contributed by atoms with Gasteiger partial charge >= 0.3 is 0 Å². The highest BCUT2D eigenvalue weighted by Crippen LogP contribution is 2.02. The van der Waals surface area contributed by atoms with Gasteiger partial charge in [0.25, 0.3) is 0 Å². The number of hydrogen-bond acceptors (Lipinski definition) is 3. The fourth-order valence-corrected chi connectivity index (χ4v) is 1.84. The van der Waals surface area contributed by atoms with Crippen molar-refractivity contribution < 1.29 is 13.9 Å². The van der Waals surface area contributed by atoms with E-state index in [9.17, 15) is 0 Å². The van der Waals surface area contributed by atoms with Crippen molar-refractivity contribution in [1.82, 2.24) is 0 Å². The molecule has 0 atom stereocenters. The van der Waals surface area contributed by atoms with Gasteiger partial charge in [-0.25, -0.2) is 0 Å². The smallest absolute Gasteiger partial charge is 0.229 e. The van der Waals surface area contributed by atoms with Crippen LogP contribution in [0.4, 0.5) is 0 Å². The molecular weight excluding hydrogens is 232 g/mol. The Morgan fingerprint density at radius 1 is 0.706 bits per heavy atom. The van der Waals surface area contributed by atoms with Gasteiger partial charge in [-0.3, -0.25) is 0 Å². The van der Waals surface area contributed by atoms with Gasteiger partial charge in [0.2, 0.25) is 9.76 Å². The number of unbranched alkanes of at least 4 members (excludes halogenated alkanes) is 4.